The lowest BCUT2D eigenvalue weighted by molar-refractivity contribution is -0.139. The minimum atomic E-state index is -3.30. The van der Waals surface area contributed by atoms with Gasteiger partial charge in [-0.15, -0.1) is 0 Å². The summed E-state index contributed by atoms with van der Waals surface area (Å²) >= 11 is 0. The summed E-state index contributed by atoms with van der Waals surface area (Å²) in [6, 6.07) is 0. The zero-order valence-corrected chi connectivity index (χ0v) is 12.1. The van der Waals surface area contributed by atoms with Gasteiger partial charge in [0.25, 0.3) is 0 Å². The molecule has 1 heterocycles. The molecule has 0 bridgehead atoms. The van der Waals surface area contributed by atoms with Gasteiger partial charge < -0.3 is 10.4 Å². The summed E-state index contributed by atoms with van der Waals surface area (Å²) in [4.78, 5) is 23.0. The number of rotatable bonds is 5. The van der Waals surface area contributed by atoms with Crippen LogP contribution in [0.1, 0.15) is 38.5 Å². The Kier molecular flexibility index (Phi) is 4.33. The second kappa shape index (κ2) is 5.69. The van der Waals surface area contributed by atoms with E-state index in [-0.39, 0.29) is 18.7 Å². The van der Waals surface area contributed by atoms with Crippen molar-refractivity contribution in [3.05, 3.63) is 0 Å². The fourth-order valence-corrected chi connectivity index (χ4v) is 4.52. The van der Waals surface area contributed by atoms with Crippen molar-refractivity contribution in [1.29, 1.82) is 0 Å². The standard InChI is InChI=1S/C12H20N2O5S/c15-10(9-14-6-3-7-20(14,18)19)13-12(8-11(16)17)4-1-2-5-12/h1-9H2,(H,13,15)(H,16,17). The molecule has 1 saturated carbocycles. The Labute approximate surface area is 118 Å². The van der Waals surface area contributed by atoms with Crippen LogP contribution < -0.4 is 5.32 Å². The molecule has 1 amide bonds. The molecule has 2 fully saturated rings. The van der Waals surface area contributed by atoms with Gasteiger partial charge in [0.15, 0.2) is 0 Å². The topological polar surface area (TPSA) is 104 Å². The molecule has 0 atom stereocenters. The molecular formula is C12H20N2O5S. The van der Waals surface area contributed by atoms with Gasteiger partial charge in [-0.05, 0) is 19.3 Å². The summed E-state index contributed by atoms with van der Waals surface area (Å²) in [7, 11) is -3.30. The number of carboxylic acids is 1. The zero-order valence-electron chi connectivity index (χ0n) is 11.3. The predicted molar refractivity (Wildman–Crippen MR) is 71.6 cm³/mol. The van der Waals surface area contributed by atoms with Crippen molar-refractivity contribution in [1.82, 2.24) is 9.62 Å². The highest BCUT2D eigenvalue weighted by Crippen LogP contribution is 2.32. The van der Waals surface area contributed by atoms with Crippen LogP contribution in [0.15, 0.2) is 0 Å². The molecule has 1 aliphatic heterocycles. The van der Waals surface area contributed by atoms with Gasteiger partial charge in [0, 0.05) is 6.54 Å². The second-order valence-electron chi connectivity index (χ2n) is 5.61. The van der Waals surface area contributed by atoms with Crippen LogP contribution in [0.25, 0.3) is 0 Å². The van der Waals surface area contributed by atoms with E-state index in [1.807, 2.05) is 0 Å². The summed E-state index contributed by atoms with van der Waals surface area (Å²) < 4.78 is 24.5. The van der Waals surface area contributed by atoms with E-state index in [1.54, 1.807) is 0 Å². The number of hydrogen-bond acceptors (Lipinski definition) is 4. The lowest BCUT2D eigenvalue weighted by Crippen LogP contribution is -2.51. The number of aliphatic carboxylic acids is 1. The number of nitrogens with one attached hydrogen (secondary N) is 1. The first-order chi connectivity index (χ1) is 9.33. The molecule has 0 aromatic heterocycles. The van der Waals surface area contributed by atoms with Gasteiger partial charge in [-0.25, -0.2) is 8.42 Å². The van der Waals surface area contributed by atoms with E-state index >= 15 is 0 Å². The van der Waals surface area contributed by atoms with Crippen molar-refractivity contribution < 1.29 is 23.1 Å². The molecule has 1 aliphatic carbocycles. The average molecular weight is 304 g/mol. The monoisotopic (exact) mass is 304 g/mol. The Morgan fingerprint density at radius 3 is 2.35 bits per heavy atom. The lowest BCUT2D eigenvalue weighted by atomic mass is 9.93. The molecule has 0 unspecified atom stereocenters. The third-order valence-corrected chi connectivity index (χ3v) is 5.88. The molecule has 7 nitrogen and oxygen atoms in total. The molecule has 114 valence electrons. The van der Waals surface area contributed by atoms with E-state index in [9.17, 15) is 18.0 Å². The van der Waals surface area contributed by atoms with Gasteiger partial charge in [0.1, 0.15) is 0 Å². The van der Waals surface area contributed by atoms with Crippen molar-refractivity contribution in [3.8, 4) is 0 Å². The Hall–Kier alpha value is -1.15. The van der Waals surface area contributed by atoms with Crippen LogP contribution in [0.5, 0.6) is 0 Å². The number of carbonyl (C=O) groups is 2. The molecule has 1 saturated heterocycles. The van der Waals surface area contributed by atoms with Gasteiger partial charge in [-0.3, -0.25) is 9.59 Å². The minimum Gasteiger partial charge on any atom is -0.481 e. The first-order valence-corrected chi connectivity index (χ1v) is 8.45. The smallest absolute Gasteiger partial charge is 0.305 e. The second-order valence-corrected chi connectivity index (χ2v) is 7.70. The van der Waals surface area contributed by atoms with Crippen LogP contribution in [-0.2, 0) is 19.6 Å². The Morgan fingerprint density at radius 2 is 1.85 bits per heavy atom. The van der Waals surface area contributed by atoms with E-state index < -0.39 is 27.4 Å². The summed E-state index contributed by atoms with van der Waals surface area (Å²) in [6.45, 7) is 0.158. The highest BCUT2D eigenvalue weighted by Gasteiger charge is 2.38. The van der Waals surface area contributed by atoms with E-state index in [1.165, 1.54) is 4.31 Å². The Bertz CT molecular complexity index is 496. The van der Waals surface area contributed by atoms with Crippen LogP contribution in [0.4, 0.5) is 0 Å². The largest absolute Gasteiger partial charge is 0.481 e. The number of carbonyl (C=O) groups excluding carboxylic acids is 1. The number of sulfonamides is 1. The van der Waals surface area contributed by atoms with Crippen LogP contribution in [0.3, 0.4) is 0 Å². The minimum absolute atomic E-state index is 0.0839. The van der Waals surface area contributed by atoms with Crippen LogP contribution >= 0.6 is 0 Å². The maximum Gasteiger partial charge on any atom is 0.305 e. The Balaban J connectivity index is 1.97. The molecule has 0 spiro atoms. The van der Waals surface area contributed by atoms with E-state index in [2.05, 4.69) is 5.32 Å². The number of amides is 1. The van der Waals surface area contributed by atoms with E-state index in [0.717, 1.165) is 12.8 Å². The highest BCUT2D eigenvalue weighted by atomic mass is 32.2. The van der Waals surface area contributed by atoms with Crippen LogP contribution in [0, 0.1) is 0 Å². The van der Waals surface area contributed by atoms with Gasteiger partial charge in [-0.1, -0.05) is 12.8 Å². The molecule has 8 heteroatoms. The van der Waals surface area contributed by atoms with Crippen molar-refractivity contribution in [2.45, 2.75) is 44.1 Å². The first kappa shape index (κ1) is 15.2. The van der Waals surface area contributed by atoms with Gasteiger partial charge in [0.2, 0.25) is 15.9 Å². The first-order valence-electron chi connectivity index (χ1n) is 6.84. The maximum atomic E-state index is 12.0. The Morgan fingerprint density at radius 1 is 1.20 bits per heavy atom. The normalized spacial score (nSPS) is 24.6. The van der Waals surface area contributed by atoms with Crippen molar-refractivity contribution in [3.63, 3.8) is 0 Å². The third-order valence-electron chi connectivity index (χ3n) is 3.98. The van der Waals surface area contributed by atoms with Crippen molar-refractivity contribution in [2.24, 2.45) is 0 Å². The molecular weight excluding hydrogens is 284 g/mol. The van der Waals surface area contributed by atoms with Crippen LogP contribution in [0.2, 0.25) is 0 Å². The predicted octanol–water partition coefficient (Wildman–Crippen LogP) is -0.0744. The van der Waals surface area contributed by atoms with Gasteiger partial charge in [0.05, 0.1) is 24.3 Å². The summed E-state index contributed by atoms with van der Waals surface area (Å²) in [6.07, 6.45) is 3.47. The van der Waals surface area contributed by atoms with E-state index in [4.69, 9.17) is 5.11 Å². The summed E-state index contributed by atoms with van der Waals surface area (Å²) in [5.74, 6) is -1.26. The summed E-state index contributed by atoms with van der Waals surface area (Å²) in [5, 5.41) is 11.7. The van der Waals surface area contributed by atoms with Gasteiger partial charge in [-0.2, -0.15) is 4.31 Å². The fourth-order valence-electron chi connectivity index (χ4n) is 3.05. The van der Waals surface area contributed by atoms with Crippen molar-refractivity contribution >= 4 is 21.9 Å². The molecule has 0 radical (unpaired) electrons. The zero-order chi connectivity index (χ0) is 14.8. The SMILES string of the molecule is O=C(O)CC1(NC(=O)CN2CCCS2(=O)=O)CCCC1. The molecule has 0 aromatic rings. The molecule has 2 N–H and O–H groups in total. The number of hydrogen-bond donors (Lipinski definition) is 2. The lowest BCUT2D eigenvalue weighted by Gasteiger charge is -2.29. The molecule has 2 rings (SSSR count). The number of nitrogens with zero attached hydrogens (tertiary/aromatic N) is 1. The molecule has 2 aliphatic rings. The maximum absolute atomic E-state index is 12.0. The fraction of sp³-hybridized carbons (Fsp3) is 0.833. The van der Waals surface area contributed by atoms with E-state index in [0.29, 0.717) is 25.8 Å². The number of carboxylic acid groups (broad SMARTS) is 1. The molecule has 20 heavy (non-hydrogen) atoms. The average Bonchev–Trinajstić information content (AvgIpc) is 2.86. The van der Waals surface area contributed by atoms with Gasteiger partial charge >= 0.3 is 5.97 Å². The van der Waals surface area contributed by atoms with Crippen molar-refractivity contribution in [2.75, 3.05) is 18.8 Å². The quantitative estimate of drug-likeness (QED) is 0.739. The third kappa shape index (κ3) is 3.49. The summed E-state index contributed by atoms with van der Waals surface area (Å²) in [5.41, 5.74) is -0.702. The molecule has 0 aromatic carbocycles. The van der Waals surface area contributed by atoms with Crippen LogP contribution in [-0.4, -0.2) is 54.1 Å². The highest BCUT2D eigenvalue weighted by molar-refractivity contribution is 7.89.